The van der Waals surface area contributed by atoms with Gasteiger partial charge in [-0.15, -0.1) is 0 Å². The number of aliphatic carboxylic acids is 1. The van der Waals surface area contributed by atoms with Gasteiger partial charge in [-0.25, -0.2) is 14.4 Å². The molecule has 0 saturated carbocycles. The summed E-state index contributed by atoms with van der Waals surface area (Å²) in [6.07, 6.45) is -1.38. The Kier molecular flexibility index (Phi) is 6.12. The smallest absolute Gasteiger partial charge is 0.403 e. The molecule has 0 radical (unpaired) electrons. The number of carboxylic acids is 1. The normalized spacial score (nSPS) is 34.3. The van der Waals surface area contributed by atoms with Crippen LogP contribution in [0.1, 0.15) is 13.8 Å². The third-order valence-corrected chi connectivity index (χ3v) is 5.30. The van der Waals surface area contributed by atoms with Crippen molar-refractivity contribution in [2.45, 2.75) is 43.9 Å². The molecule has 2 amide bonds. The molecular weight excluding hydrogens is 385 g/mol. The largest absolute Gasteiger partial charge is 0.480 e. The molecule has 6 N–H and O–H groups in total. The molecule has 152 valence electrons. The highest BCUT2D eigenvalue weighted by Gasteiger charge is 2.55. The Morgan fingerprint density at radius 1 is 1.63 bits per heavy atom. The van der Waals surface area contributed by atoms with Crippen LogP contribution in [-0.2, 0) is 18.6 Å². The summed E-state index contributed by atoms with van der Waals surface area (Å²) in [4.78, 5) is 33.4. The lowest BCUT2D eigenvalue weighted by Crippen LogP contribution is -2.55. The number of hydrogen-bond donors (Lipinski definition) is 6. The molecule has 12 nitrogen and oxygen atoms in total. The molecule has 1 fully saturated rings. The van der Waals surface area contributed by atoms with Crippen molar-refractivity contribution in [1.82, 2.24) is 15.3 Å². The van der Waals surface area contributed by atoms with Gasteiger partial charge in [-0.3, -0.25) is 14.2 Å². The molecule has 2 aliphatic rings. The molecule has 0 aromatic heterocycles. The zero-order valence-electron chi connectivity index (χ0n) is 14.6. The highest BCUT2D eigenvalue weighted by atomic mass is 31.2. The van der Waals surface area contributed by atoms with E-state index in [-0.39, 0.29) is 0 Å². The van der Waals surface area contributed by atoms with Gasteiger partial charge in [-0.1, -0.05) is 6.58 Å². The lowest BCUT2D eigenvalue weighted by Gasteiger charge is -2.35. The predicted octanol–water partition coefficient (Wildman–Crippen LogP) is -0.944. The summed E-state index contributed by atoms with van der Waals surface area (Å²) in [6.45, 7) is 5.29. The van der Waals surface area contributed by atoms with E-state index in [0.717, 1.165) is 11.8 Å². The summed E-state index contributed by atoms with van der Waals surface area (Å²) < 4.78 is 22.1. The standard InChI is InChI=1S/C14H22N3O9P/c1-7-4-5-17(13(21)15-7)12-14(3,22)10(18)9(26-12)6-25-27(23,24)16-8(2)11(19)20/h4-5,8-10,12,18,22H,1,6H2,2-3H3,(H,15,21)(H,19,20)(H2,16,23,24)/t8-,9?,10?,12+,14+/m0/s1. The Hall–Kier alpha value is -1.79. The van der Waals surface area contributed by atoms with Crippen molar-refractivity contribution in [3.8, 4) is 0 Å². The Bertz CT molecular complexity index is 710. The third kappa shape index (κ3) is 4.74. The van der Waals surface area contributed by atoms with E-state index in [1.54, 1.807) is 0 Å². The number of hydrogen-bond acceptors (Lipinski definition) is 7. The molecule has 0 spiro atoms. The Morgan fingerprint density at radius 2 is 2.26 bits per heavy atom. The molecule has 13 heteroatoms. The molecule has 27 heavy (non-hydrogen) atoms. The van der Waals surface area contributed by atoms with Gasteiger partial charge in [-0.2, -0.15) is 0 Å². The van der Waals surface area contributed by atoms with Crippen LogP contribution in [0.2, 0.25) is 0 Å². The van der Waals surface area contributed by atoms with E-state index < -0.39 is 56.4 Å². The second-order valence-electron chi connectivity index (χ2n) is 6.38. The summed E-state index contributed by atoms with van der Waals surface area (Å²) in [5.41, 5.74) is -1.59. The van der Waals surface area contributed by atoms with Gasteiger partial charge in [0, 0.05) is 11.9 Å². The number of nitrogens with one attached hydrogen (secondary N) is 2. The number of amides is 2. The highest BCUT2D eigenvalue weighted by Crippen LogP contribution is 2.40. The van der Waals surface area contributed by atoms with Gasteiger partial charge >= 0.3 is 19.7 Å². The van der Waals surface area contributed by atoms with Gasteiger partial charge in [0.25, 0.3) is 0 Å². The maximum Gasteiger partial charge on any atom is 0.403 e. The van der Waals surface area contributed by atoms with Crippen molar-refractivity contribution in [1.29, 1.82) is 0 Å². The van der Waals surface area contributed by atoms with Gasteiger partial charge in [0.05, 0.1) is 6.61 Å². The molecule has 0 aromatic rings. The number of allylic oxidation sites excluding steroid dienone is 1. The van der Waals surface area contributed by atoms with Crippen LogP contribution >= 0.6 is 7.75 Å². The van der Waals surface area contributed by atoms with Crippen LogP contribution in [-0.4, -0.2) is 73.8 Å². The van der Waals surface area contributed by atoms with E-state index in [9.17, 15) is 29.3 Å². The molecule has 2 heterocycles. The van der Waals surface area contributed by atoms with Crippen molar-refractivity contribution in [2.24, 2.45) is 0 Å². The number of rotatable bonds is 7. The van der Waals surface area contributed by atoms with Crippen molar-refractivity contribution in [3.63, 3.8) is 0 Å². The Balaban J connectivity index is 2.06. The van der Waals surface area contributed by atoms with E-state index in [4.69, 9.17) is 14.4 Å². The van der Waals surface area contributed by atoms with Crippen LogP contribution in [0.4, 0.5) is 4.79 Å². The van der Waals surface area contributed by atoms with Gasteiger partial charge < -0.3 is 30.3 Å². The first kappa shape index (κ1) is 21.5. The second-order valence-corrected chi connectivity index (χ2v) is 7.94. The van der Waals surface area contributed by atoms with E-state index >= 15 is 0 Å². The molecular formula is C14H22N3O9P. The number of carbonyl (C=O) groups is 2. The highest BCUT2D eigenvalue weighted by molar-refractivity contribution is 7.50. The number of carboxylic acid groups (broad SMARTS) is 1. The molecule has 2 rings (SSSR count). The zero-order chi connectivity index (χ0) is 20.6. The SMILES string of the molecule is C=C1C=CN([C@@H]2OC(COP(=O)(O)N[C@@H](C)C(=O)O)C(O)[C@@]2(C)O)C(=O)N1. The molecule has 0 aliphatic carbocycles. The van der Waals surface area contributed by atoms with E-state index in [0.29, 0.717) is 5.70 Å². The summed E-state index contributed by atoms with van der Waals surface area (Å²) >= 11 is 0. The maximum absolute atomic E-state index is 12.0. The first-order valence-corrected chi connectivity index (χ1v) is 9.43. The number of carbonyl (C=O) groups excluding carboxylic acids is 1. The molecule has 6 atom stereocenters. The topological polar surface area (TPSA) is 178 Å². The van der Waals surface area contributed by atoms with Crippen molar-refractivity contribution >= 4 is 19.7 Å². The summed E-state index contributed by atoms with van der Waals surface area (Å²) in [5, 5.41) is 33.9. The third-order valence-electron chi connectivity index (χ3n) is 4.09. The minimum Gasteiger partial charge on any atom is -0.480 e. The fourth-order valence-electron chi connectivity index (χ4n) is 2.56. The molecule has 1 saturated heterocycles. The molecule has 2 aliphatic heterocycles. The van der Waals surface area contributed by atoms with Gasteiger partial charge in [0.1, 0.15) is 23.9 Å². The maximum atomic E-state index is 12.0. The van der Waals surface area contributed by atoms with Crippen LogP contribution in [0, 0.1) is 0 Å². The lowest BCUT2D eigenvalue weighted by molar-refractivity contribution is -0.138. The first-order chi connectivity index (χ1) is 12.3. The fourth-order valence-corrected chi connectivity index (χ4v) is 3.58. The summed E-state index contributed by atoms with van der Waals surface area (Å²) in [5.74, 6) is -1.36. The fraction of sp³-hybridized carbons (Fsp3) is 0.571. The monoisotopic (exact) mass is 407 g/mol. The Morgan fingerprint density at radius 3 is 2.81 bits per heavy atom. The number of aliphatic hydroxyl groups excluding tert-OH is 1. The average Bonchev–Trinajstić information content (AvgIpc) is 2.76. The van der Waals surface area contributed by atoms with Crippen LogP contribution in [0.15, 0.2) is 24.6 Å². The minimum atomic E-state index is -4.52. The van der Waals surface area contributed by atoms with Gasteiger partial charge in [-0.05, 0) is 19.9 Å². The van der Waals surface area contributed by atoms with Gasteiger partial charge in [0.15, 0.2) is 6.23 Å². The van der Waals surface area contributed by atoms with Crippen molar-refractivity contribution in [3.05, 3.63) is 24.6 Å². The number of aliphatic hydroxyl groups is 2. The molecule has 0 aromatic carbocycles. The summed E-state index contributed by atoms with van der Waals surface area (Å²) in [6, 6.07) is -2.01. The molecule has 3 unspecified atom stereocenters. The van der Waals surface area contributed by atoms with Gasteiger partial charge in [0.2, 0.25) is 0 Å². The number of ether oxygens (including phenoxy) is 1. The van der Waals surface area contributed by atoms with Crippen LogP contribution in [0.3, 0.4) is 0 Å². The molecule has 0 bridgehead atoms. The number of nitrogens with zero attached hydrogens (tertiary/aromatic N) is 1. The summed E-state index contributed by atoms with van der Waals surface area (Å²) in [7, 11) is -4.52. The van der Waals surface area contributed by atoms with Crippen molar-refractivity contribution in [2.75, 3.05) is 6.61 Å². The van der Waals surface area contributed by atoms with Crippen LogP contribution in [0.25, 0.3) is 0 Å². The quantitative estimate of drug-likeness (QED) is 0.288. The van der Waals surface area contributed by atoms with E-state index in [1.807, 2.05) is 5.09 Å². The second kappa shape index (κ2) is 7.68. The Labute approximate surface area is 154 Å². The average molecular weight is 407 g/mol. The zero-order valence-corrected chi connectivity index (χ0v) is 15.5. The first-order valence-electron chi connectivity index (χ1n) is 7.85. The number of urea groups is 1. The van der Waals surface area contributed by atoms with Crippen LogP contribution in [0.5, 0.6) is 0 Å². The minimum absolute atomic E-state index is 0.328. The van der Waals surface area contributed by atoms with Crippen LogP contribution < -0.4 is 10.4 Å². The predicted molar refractivity (Wildman–Crippen MR) is 90.0 cm³/mol. The lowest BCUT2D eigenvalue weighted by atomic mass is 9.96. The van der Waals surface area contributed by atoms with E-state index in [2.05, 4.69) is 11.9 Å². The van der Waals surface area contributed by atoms with Crippen molar-refractivity contribution < 1.29 is 43.6 Å². The van der Waals surface area contributed by atoms with E-state index in [1.165, 1.54) is 19.2 Å².